The molecule has 1 aliphatic carbocycles. The van der Waals surface area contributed by atoms with Gasteiger partial charge >= 0.3 is 6.09 Å². The van der Waals surface area contributed by atoms with Crippen LogP contribution in [0.2, 0.25) is 0 Å². The van der Waals surface area contributed by atoms with Gasteiger partial charge in [0.1, 0.15) is 6.61 Å². The molecule has 134 valence electrons. The van der Waals surface area contributed by atoms with Gasteiger partial charge in [-0.15, -0.1) is 0 Å². The van der Waals surface area contributed by atoms with Crippen molar-refractivity contribution in [2.45, 2.75) is 38.1 Å². The Balaban J connectivity index is 1.53. The molecule has 1 heterocycles. The first-order chi connectivity index (χ1) is 12.7. The molecule has 1 aliphatic heterocycles. The smallest absolute Gasteiger partial charge is 0.410 e. The second kappa shape index (κ2) is 6.94. The Morgan fingerprint density at radius 3 is 2.23 bits per heavy atom. The predicted octanol–water partition coefficient (Wildman–Crippen LogP) is 4.38. The molecule has 0 radical (unpaired) electrons. The number of rotatable bonds is 3. The first-order valence-electron chi connectivity index (χ1n) is 9.29. The van der Waals surface area contributed by atoms with E-state index in [-0.39, 0.29) is 23.8 Å². The molecule has 4 rings (SSSR count). The molecule has 0 saturated carbocycles. The Hall–Kier alpha value is -2.62. The topological polar surface area (TPSA) is 46.6 Å². The van der Waals surface area contributed by atoms with Crippen LogP contribution in [0.25, 0.3) is 11.1 Å². The Kier molecular flexibility index (Phi) is 4.49. The van der Waals surface area contributed by atoms with Gasteiger partial charge in [0.05, 0.1) is 6.04 Å². The number of carbonyl (C=O) groups is 2. The summed E-state index contributed by atoms with van der Waals surface area (Å²) in [6.07, 6.45) is 2.28. The van der Waals surface area contributed by atoms with Gasteiger partial charge in [-0.25, -0.2) is 4.79 Å². The predicted molar refractivity (Wildman–Crippen MR) is 100 cm³/mol. The number of amides is 1. The minimum atomic E-state index is -0.369. The number of ketones is 1. The molecular weight excluding hydrogens is 326 g/mol. The minimum Gasteiger partial charge on any atom is -0.448 e. The summed E-state index contributed by atoms with van der Waals surface area (Å²) in [6.45, 7) is 2.45. The van der Waals surface area contributed by atoms with Gasteiger partial charge in [0, 0.05) is 12.5 Å². The van der Waals surface area contributed by atoms with E-state index in [4.69, 9.17) is 4.74 Å². The van der Waals surface area contributed by atoms with E-state index in [1.54, 1.807) is 11.8 Å². The Labute approximate surface area is 153 Å². The van der Waals surface area contributed by atoms with Crippen LogP contribution >= 0.6 is 0 Å². The highest BCUT2D eigenvalue weighted by atomic mass is 16.6. The normalized spacial score (nSPS) is 19.0. The number of Topliss-reactive ketones (excluding diaryl/α,β-unsaturated/α-hetero) is 1. The molecule has 1 unspecified atom stereocenters. The van der Waals surface area contributed by atoms with E-state index in [1.165, 1.54) is 22.3 Å². The Morgan fingerprint density at radius 1 is 1.00 bits per heavy atom. The van der Waals surface area contributed by atoms with Gasteiger partial charge in [-0.3, -0.25) is 9.69 Å². The van der Waals surface area contributed by atoms with Crippen LogP contribution in [0.1, 0.15) is 43.2 Å². The number of hydrogen-bond donors (Lipinski definition) is 0. The fraction of sp³-hybridized carbons (Fsp3) is 0.364. The third kappa shape index (κ3) is 2.90. The van der Waals surface area contributed by atoms with Gasteiger partial charge in [0.2, 0.25) is 0 Å². The van der Waals surface area contributed by atoms with Crippen LogP contribution in [0.3, 0.4) is 0 Å². The third-order valence-corrected chi connectivity index (χ3v) is 5.54. The standard InChI is InChI=1S/C22H23NO3/c1-15(24)21-12-6-7-13-23(21)22(25)26-14-20-18-10-4-2-8-16(18)17-9-3-5-11-19(17)20/h2-5,8-11,20-21H,6-7,12-14H2,1H3. The van der Waals surface area contributed by atoms with E-state index in [9.17, 15) is 9.59 Å². The largest absolute Gasteiger partial charge is 0.448 e. The van der Waals surface area contributed by atoms with Crippen LogP contribution < -0.4 is 0 Å². The molecule has 26 heavy (non-hydrogen) atoms. The van der Waals surface area contributed by atoms with E-state index >= 15 is 0 Å². The molecule has 0 bridgehead atoms. The number of hydrogen-bond acceptors (Lipinski definition) is 3. The summed E-state index contributed by atoms with van der Waals surface area (Å²) >= 11 is 0. The van der Waals surface area contributed by atoms with Crippen molar-refractivity contribution in [3.63, 3.8) is 0 Å². The summed E-state index contributed by atoms with van der Waals surface area (Å²) < 4.78 is 5.69. The first kappa shape index (κ1) is 16.8. The van der Waals surface area contributed by atoms with Gasteiger partial charge < -0.3 is 4.74 Å². The molecule has 1 fully saturated rings. The van der Waals surface area contributed by atoms with Crippen molar-refractivity contribution < 1.29 is 14.3 Å². The van der Waals surface area contributed by atoms with Crippen molar-refractivity contribution in [3.05, 3.63) is 59.7 Å². The van der Waals surface area contributed by atoms with E-state index in [0.29, 0.717) is 13.2 Å². The summed E-state index contributed by atoms with van der Waals surface area (Å²) in [7, 11) is 0. The van der Waals surface area contributed by atoms with Crippen molar-refractivity contribution >= 4 is 11.9 Å². The number of nitrogens with zero attached hydrogens (tertiary/aromatic N) is 1. The lowest BCUT2D eigenvalue weighted by Gasteiger charge is -2.33. The van der Waals surface area contributed by atoms with Crippen molar-refractivity contribution in [3.8, 4) is 11.1 Å². The van der Waals surface area contributed by atoms with Gasteiger partial charge in [0.25, 0.3) is 0 Å². The summed E-state index contributed by atoms with van der Waals surface area (Å²) in [4.78, 5) is 26.1. The summed E-state index contributed by atoms with van der Waals surface area (Å²) in [6, 6.07) is 16.2. The second-order valence-corrected chi connectivity index (χ2v) is 7.12. The van der Waals surface area contributed by atoms with Crippen LogP contribution in [0, 0.1) is 0 Å². The van der Waals surface area contributed by atoms with Crippen molar-refractivity contribution in [2.75, 3.05) is 13.2 Å². The Morgan fingerprint density at radius 2 is 1.62 bits per heavy atom. The number of likely N-dealkylation sites (tertiary alicyclic amines) is 1. The quantitative estimate of drug-likeness (QED) is 0.826. The molecule has 1 saturated heterocycles. The van der Waals surface area contributed by atoms with E-state index in [0.717, 1.165) is 19.3 Å². The molecule has 1 atom stereocenters. The molecule has 2 aliphatic rings. The molecule has 4 nitrogen and oxygen atoms in total. The maximum absolute atomic E-state index is 12.6. The fourth-order valence-corrected chi connectivity index (χ4v) is 4.25. The monoisotopic (exact) mass is 349 g/mol. The van der Waals surface area contributed by atoms with Crippen LogP contribution in [-0.4, -0.2) is 36.0 Å². The maximum Gasteiger partial charge on any atom is 0.410 e. The molecule has 2 aromatic carbocycles. The van der Waals surface area contributed by atoms with Gasteiger partial charge in [0.15, 0.2) is 5.78 Å². The van der Waals surface area contributed by atoms with Crippen molar-refractivity contribution in [1.82, 2.24) is 4.90 Å². The van der Waals surface area contributed by atoms with Crippen LogP contribution in [-0.2, 0) is 9.53 Å². The highest BCUT2D eigenvalue weighted by Gasteiger charge is 2.33. The lowest BCUT2D eigenvalue weighted by atomic mass is 9.98. The van der Waals surface area contributed by atoms with Crippen molar-refractivity contribution in [2.24, 2.45) is 0 Å². The lowest BCUT2D eigenvalue weighted by Crippen LogP contribution is -2.47. The molecule has 0 aromatic heterocycles. The van der Waals surface area contributed by atoms with Crippen LogP contribution in [0.15, 0.2) is 48.5 Å². The molecule has 0 N–H and O–H groups in total. The average Bonchev–Trinajstić information content (AvgIpc) is 3.00. The van der Waals surface area contributed by atoms with E-state index in [2.05, 4.69) is 24.3 Å². The number of carbonyl (C=O) groups excluding carboxylic acids is 2. The Bertz CT molecular complexity index is 799. The van der Waals surface area contributed by atoms with Crippen LogP contribution in [0.5, 0.6) is 0 Å². The number of benzene rings is 2. The lowest BCUT2D eigenvalue weighted by molar-refractivity contribution is -0.122. The maximum atomic E-state index is 12.6. The zero-order valence-corrected chi connectivity index (χ0v) is 15.0. The molecule has 1 amide bonds. The molecule has 0 spiro atoms. The molecule has 2 aromatic rings. The van der Waals surface area contributed by atoms with Gasteiger partial charge in [-0.2, -0.15) is 0 Å². The summed E-state index contributed by atoms with van der Waals surface area (Å²) in [5.41, 5.74) is 4.82. The highest BCUT2D eigenvalue weighted by molar-refractivity contribution is 5.85. The van der Waals surface area contributed by atoms with Gasteiger partial charge in [-0.05, 0) is 48.4 Å². The number of piperidine rings is 1. The minimum absolute atomic E-state index is 0.0400. The number of ether oxygens (including phenoxy) is 1. The van der Waals surface area contributed by atoms with Gasteiger partial charge in [-0.1, -0.05) is 48.5 Å². The molecule has 4 heteroatoms. The summed E-state index contributed by atoms with van der Waals surface area (Å²) in [5.74, 6) is 0.0881. The SMILES string of the molecule is CC(=O)C1CCCCN1C(=O)OCC1c2ccccc2-c2ccccc21. The van der Waals surface area contributed by atoms with Crippen LogP contribution in [0.4, 0.5) is 4.79 Å². The number of fused-ring (bicyclic) bond motifs is 3. The highest BCUT2D eigenvalue weighted by Crippen LogP contribution is 2.44. The fourth-order valence-electron chi connectivity index (χ4n) is 4.25. The average molecular weight is 349 g/mol. The summed E-state index contributed by atoms with van der Waals surface area (Å²) in [5, 5.41) is 0. The zero-order chi connectivity index (χ0) is 18.1. The molecular formula is C22H23NO3. The third-order valence-electron chi connectivity index (χ3n) is 5.54. The van der Waals surface area contributed by atoms with E-state index < -0.39 is 0 Å². The van der Waals surface area contributed by atoms with Crippen molar-refractivity contribution in [1.29, 1.82) is 0 Å². The zero-order valence-electron chi connectivity index (χ0n) is 15.0. The second-order valence-electron chi connectivity index (χ2n) is 7.12. The van der Waals surface area contributed by atoms with E-state index in [1.807, 2.05) is 24.3 Å². The first-order valence-corrected chi connectivity index (χ1v) is 9.29.